The summed E-state index contributed by atoms with van der Waals surface area (Å²) < 4.78 is 23.3. The van der Waals surface area contributed by atoms with Crippen molar-refractivity contribution >= 4 is 11.9 Å². The van der Waals surface area contributed by atoms with Gasteiger partial charge in [-0.25, -0.2) is 34.3 Å². The summed E-state index contributed by atoms with van der Waals surface area (Å²) >= 11 is 0. The number of hydrogen-bond acceptors (Lipinski definition) is 11. The quantitative estimate of drug-likeness (QED) is 0.280. The van der Waals surface area contributed by atoms with Gasteiger partial charge >= 0.3 is 0 Å². The van der Waals surface area contributed by atoms with E-state index in [1.807, 2.05) is 17.0 Å². The van der Waals surface area contributed by atoms with Gasteiger partial charge in [0.25, 0.3) is 0 Å². The number of halogens is 1. The molecule has 0 unspecified atom stereocenters. The van der Waals surface area contributed by atoms with Crippen LogP contribution in [0.4, 0.5) is 16.3 Å². The van der Waals surface area contributed by atoms with Crippen LogP contribution in [-0.2, 0) is 4.74 Å². The predicted octanol–water partition coefficient (Wildman–Crippen LogP) is 1.79. The van der Waals surface area contributed by atoms with Gasteiger partial charge in [0, 0.05) is 43.8 Å². The lowest BCUT2D eigenvalue weighted by Crippen LogP contribution is -2.56. The summed E-state index contributed by atoms with van der Waals surface area (Å²) in [7, 11) is 0. The minimum atomic E-state index is -0.532. The van der Waals surface area contributed by atoms with E-state index in [2.05, 4.69) is 51.6 Å². The zero-order valence-corrected chi connectivity index (χ0v) is 19.2. The second kappa shape index (κ2) is 11.3. The van der Waals surface area contributed by atoms with Crippen LogP contribution in [0.2, 0.25) is 0 Å². The van der Waals surface area contributed by atoms with Crippen LogP contribution in [0, 0.1) is 11.8 Å². The fourth-order valence-corrected chi connectivity index (χ4v) is 3.75. The van der Waals surface area contributed by atoms with E-state index in [1.165, 1.54) is 19.0 Å². The molecule has 1 atom stereocenters. The van der Waals surface area contributed by atoms with Crippen LogP contribution in [0.5, 0.6) is 0 Å². The fourth-order valence-electron chi connectivity index (χ4n) is 3.75. The van der Waals surface area contributed by atoms with Gasteiger partial charge in [-0.1, -0.05) is 11.8 Å². The molecule has 1 fully saturated rings. The molecule has 0 spiro atoms. The Labute approximate surface area is 206 Å². The molecule has 182 valence electrons. The molecule has 1 aliphatic heterocycles. The molecule has 0 amide bonds. The molecule has 4 aromatic rings. The maximum Gasteiger partial charge on any atom is 0.228 e. The summed E-state index contributed by atoms with van der Waals surface area (Å²) in [4.78, 5) is 33.7. The molecule has 0 radical (unpaired) electrons. The Morgan fingerprint density at radius 3 is 2.44 bits per heavy atom. The maximum absolute atomic E-state index is 12.6. The number of aromatic nitrogens is 7. The lowest BCUT2D eigenvalue weighted by atomic mass is 10.2. The van der Waals surface area contributed by atoms with Crippen LogP contribution in [-0.4, -0.2) is 80.5 Å². The molecule has 4 aromatic heterocycles. The molecule has 11 nitrogen and oxygen atoms in total. The van der Waals surface area contributed by atoms with E-state index in [9.17, 15) is 4.39 Å². The number of rotatable bonds is 7. The van der Waals surface area contributed by atoms with Crippen LogP contribution < -0.4 is 9.80 Å². The van der Waals surface area contributed by atoms with Crippen molar-refractivity contribution < 1.29 is 13.5 Å². The molecule has 0 aliphatic carbocycles. The molecule has 5 heterocycles. The summed E-state index contributed by atoms with van der Waals surface area (Å²) in [5, 5.41) is 0. The second-order valence-electron chi connectivity index (χ2n) is 7.81. The van der Waals surface area contributed by atoms with Crippen molar-refractivity contribution in [3.05, 3.63) is 67.1 Å². The molecule has 1 aliphatic rings. The highest BCUT2D eigenvalue weighted by Crippen LogP contribution is 2.19. The molecule has 1 saturated heterocycles. The third-order valence-corrected chi connectivity index (χ3v) is 5.47. The van der Waals surface area contributed by atoms with Gasteiger partial charge in [0.05, 0.1) is 31.0 Å². The van der Waals surface area contributed by atoms with Gasteiger partial charge in [-0.05, 0) is 12.1 Å². The Hall–Kier alpha value is -4.50. The van der Waals surface area contributed by atoms with Gasteiger partial charge < -0.3 is 19.0 Å². The van der Waals surface area contributed by atoms with Crippen molar-refractivity contribution in [2.75, 3.05) is 49.3 Å². The maximum atomic E-state index is 12.6. The average Bonchev–Trinajstić information content (AvgIpc) is 3.48. The van der Waals surface area contributed by atoms with Gasteiger partial charge in [-0.15, -0.1) is 0 Å². The third-order valence-electron chi connectivity index (χ3n) is 5.47. The van der Waals surface area contributed by atoms with Gasteiger partial charge in [0.2, 0.25) is 11.9 Å². The number of pyridine rings is 1. The van der Waals surface area contributed by atoms with E-state index >= 15 is 0 Å². The van der Waals surface area contributed by atoms with Crippen molar-refractivity contribution in [2.45, 2.75) is 6.04 Å². The number of piperazine rings is 1. The topological polar surface area (TPSA) is 119 Å². The standard InChI is InChI=1S/C24H22FN9O2/c25-5-8-35-14-20-13-33(6-7-34(20)24-31-15-27-16-32-24)23-29-10-19(11-30-23)2-1-18-3-4-21(28-9-18)22-12-26-17-36-22/h3-4,9-12,15-17,20H,5-8,13-14H2/t20-/m0/s1. The third kappa shape index (κ3) is 5.59. The number of anilines is 2. The van der Waals surface area contributed by atoms with E-state index in [0.717, 1.165) is 5.56 Å². The van der Waals surface area contributed by atoms with Crippen molar-refractivity contribution in [3.63, 3.8) is 0 Å². The Morgan fingerprint density at radius 1 is 0.917 bits per heavy atom. The van der Waals surface area contributed by atoms with Crippen LogP contribution in [0.1, 0.15) is 11.1 Å². The summed E-state index contributed by atoms with van der Waals surface area (Å²) in [6.45, 7) is 1.72. The first-order valence-electron chi connectivity index (χ1n) is 11.3. The van der Waals surface area contributed by atoms with Crippen molar-refractivity contribution in [1.82, 2.24) is 34.9 Å². The van der Waals surface area contributed by atoms with Crippen molar-refractivity contribution in [3.8, 4) is 23.3 Å². The van der Waals surface area contributed by atoms with Crippen LogP contribution >= 0.6 is 0 Å². The zero-order chi connectivity index (χ0) is 24.6. The van der Waals surface area contributed by atoms with E-state index in [1.54, 1.807) is 24.8 Å². The molecule has 5 rings (SSSR count). The Balaban J connectivity index is 1.24. The normalized spacial score (nSPS) is 15.4. The first-order chi connectivity index (χ1) is 17.8. The first-order valence-corrected chi connectivity index (χ1v) is 11.3. The van der Waals surface area contributed by atoms with Gasteiger partial charge in [0.15, 0.2) is 12.2 Å². The SMILES string of the molecule is FCCOC[C@@H]1CN(c2ncc(C#Cc3ccc(-c4cnco4)nc3)cn2)CCN1c1ncncn1. The zero-order valence-electron chi connectivity index (χ0n) is 19.2. The smallest absolute Gasteiger partial charge is 0.228 e. The predicted molar refractivity (Wildman–Crippen MR) is 128 cm³/mol. The molecule has 0 aromatic carbocycles. The highest BCUT2D eigenvalue weighted by atomic mass is 19.1. The average molecular weight is 487 g/mol. The number of hydrogen-bond donors (Lipinski definition) is 0. The Kier molecular flexibility index (Phi) is 7.29. The van der Waals surface area contributed by atoms with Crippen LogP contribution in [0.25, 0.3) is 11.5 Å². The molecular weight excluding hydrogens is 465 g/mol. The number of alkyl halides is 1. The molecule has 36 heavy (non-hydrogen) atoms. The van der Waals surface area contributed by atoms with E-state index in [-0.39, 0.29) is 12.6 Å². The number of ether oxygens (including phenoxy) is 1. The lowest BCUT2D eigenvalue weighted by molar-refractivity contribution is 0.104. The molecular formula is C24H22FN9O2. The number of nitrogens with zero attached hydrogens (tertiary/aromatic N) is 9. The van der Waals surface area contributed by atoms with Crippen LogP contribution in [0.15, 0.2) is 60.4 Å². The van der Waals surface area contributed by atoms with Crippen molar-refractivity contribution in [2.24, 2.45) is 0 Å². The minimum Gasteiger partial charge on any atom is -0.442 e. The number of oxazole rings is 1. The van der Waals surface area contributed by atoms with Crippen molar-refractivity contribution in [1.29, 1.82) is 0 Å². The summed E-state index contributed by atoms with van der Waals surface area (Å²) in [5.74, 6) is 7.88. The molecule has 0 N–H and O–H groups in total. The highest BCUT2D eigenvalue weighted by Gasteiger charge is 2.30. The van der Waals surface area contributed by atoms with Gasteiger partial charge in [-0.3, -0.25) is 4.98 Å². The molecule has 0 bridgehead atoms. The molecule has 0 saturated carbocycles. The summed E-state index contributed by atoms with van der Waals surface area (Å²) in [6.07, 6.45) is 11.0. The Bertz CT molecular complexity index is 1290. The van der Waals surface area contributed by atoms with Gasteiger partial charge in [0.1, 0.15) is 25.0 Å². The molecule has 12 heteroatoms. The van der Waals surface area contributed by atoms with E-state index < -0.39 is 6.67 Å². The Morgan fingerprint density at radius 2 is 1.72 bits per heavy atom. The second-order valence-corrected chi connectivity index (χ2v) is 7.81. The lowest BCUT2D eigenvalue weighted by Gasteiger charge is -2.41. The monoisotopic (exact) mass is 487 g/mol. The van der Waals surface area contributed by atoms with Gasteiger partial charge in [-0.2, -0.15) is 0 Å². The largest absolute Gasteiger partial charge is 0.442 e. The minimum absolute atomic E-state index is 0.0453. The van der Waals surface area contributed by atoms with E-state index in [0.29, 0.717) is 55.2 Å². The summed E-state index contributed by atoms with van der Waals surface area (Å²) in [5.41, 5.74) is 2.13. The van der Waals surface area contributed by atoms with E-state index in [4.69, 9.17) is 9.15 Å². The van der Waals surface area contributed by atoms with Crippen LogP contribution in [0.3, 0.4) is 0 Å². The summed E-state index contributed by atoms with van der Waals surface area (Å²) in [6, 6.07) is 3.60. The highest BCUT2D eigenvalue weighted by molar-refractivity contribution is 5.52. The first kappa shape index (κ1) is 23.3. The fraction of sp³-hybridized carbons (Fsp3) is 0.292.